The van der Waals surface area contributed by atoms with Crippen molar-refractivity contribution < 1.29 is 19.4 Å². The maximum Gasteiger partial charge on any atom is 0.315 e. The van der Waals surface area contributed by atoms with Gasteiger partial charge in [-0.15, -0.1) is 0 Å². The molecular formula is C19H22N2O4. The van der Waals surface area contributed by atoms with Crippen LogP contribution in [0.3, 0.4) is 0 Å². The van der Waals surface area contributed by atoms with Crippen molar-refractivity contribution in [2.45, 2.75) is 19.4 Å². The van der Waals surface area contributed by atoms with Crippen molar-refractivity contribution in [3.8, 4) is 16.9 Å². The molecule has 2 aromatic carbocycles. The Kier molecular flexibility index (Phi) is 6.39. The number of carboxylic acid groups (broad SMARTS) is 1. The van der Waals surface area contributed by atoms with Crippen LogP contribution in [0, 0.1) is 0 Å². The van der Waals surface area contributed by atoms with Gasteiger partial charge < -0.3 is 20.5 Å². The number of nitrogens with one attached hydrogen (secondary N) is 2. The molecule has 2 aromatic rings. The summed E-state index contributed by atoms with van der Waals surface area (Å²) in [5.41, 5.74) is 2.98. The van der Waals surface area contributed by atoms with E-state index in [0.717, 1.165) is 22.4 Å². The van der Waals surface area contributed by atoms with E-state index in [0.29, 0.717) is 0 Å². The molecule has 25 heavy (non-hydrogen) atoms. The van der Waals surface area contributed by atoms with E-state index in [1.165, 1.54) is 0 Å². The molecule has 0 heterocycles. The molecule has 1 unspecified atom stereocenters. The Labute approximate surface area is 146 Å². The number of carbonyl (C=O) groups is 2. The molecule has 0 aliphatic carbocycles. The molecule has 1 atom stereocenters. The van der Waals surface area contributed by atoms with Crippen molar-refractivity contribution >= 4 is 12.0 Å². The first kappa shape index (κ1) is 18.3. The van der Waals surface area contributed by atoms with E-state index in [1.807, 2.05) is 55.5 Å². The Hall–Kier alpha value is -3.02. The fourth-order valence-electron chi connectivity index (χ4n) is 2.45. The first-order chi connectivity index (χ1) is 12.0. The summed E-state index contributed by atoms with van der Waals surface area (Å²) in [6.07, 6.45) is -0.102. The molecule has 0 fully saturated rings. The fourth-order valence-corrected chi connectivity index (χ4v) is 2.45. The van der Waals surface area contributed by atoms with Crippen molar-refractivity contribution in [2.24, 2.45) is 0 Å². The number of ether oxygens (including phenoxy) is 1. The number of benzene rings is 2. The lowest BCUT2D eigenvalue weighted by molar-refractivity contribution is -0.136. The van der Waals surface area contributed by atoms with Gasteiger partial charge >= 0.3 is 12.0 Å². The number of rotatable bonds is 7. The van der Waals surface area contributed by atoms with Crippen molar-refractivity contribution in [1.82, 2.24) is 10.6 Å². The van der Waals surface area contributed by atoms with E-state index in [2.05, 4.69) is 10.6 Å². The van der Waals surface area contributed by atoms with Gasteiger partial charge in [-0.1, -0.05) is 42.5 Å². The highest BCUT2D eigenvalue weighted by molar-refractivity contribution is 5.75. The molecule has 3 N–H and O–H groups in total. The van der Waals surface area contributed by atoms with Crippen LogP contribution in [0.25, 0.3) is 11.1 Å². The molecule has 0 spiro atoms. The number of methoxy groups -OCH3 is 1. The number of amides is 2. The standard InChI is InChI=1S/C19H22N2O4/c1-13(21-19(24)20-12-11-18(22)23)14-7-9-15(10-8-14)16-5-3-4-6-17(16)25-2/h3-10,13H,11-12H2,1-2H3,(H,22,23)(H2,20,21,24). The maximum absolute atomic E-state index is 11.7. The number of para-hydroxylation sites is 1. The molecule has 0 aromatic heterocycles. The van der Waals surface area contributed by atoms with Crippen LogP contribution in [0.2, 0.25) is 0 Å². The van der Waals surface area contributed by atoms with E-state index < -0.39 is 5.97 Å². The van der Waals surface area contributed by atoms with Crippen LogP contribution in [-0.2, 0) is 4.79 Å². The van der Waals surface area contributed by atoms with Gasteiger partial charge in [-0.05, 0) is 24.1 Å². The van der Waals surface area contributed by atoms with Crippen LogP contribution in [0.15, 0.2) is 48.5 Å². The molecule has 0 bridgehead atoms. The molecule has 2 amide bonds. The average Bonchev–Trinajstić information content (AvgIpc) is 2.61. The minimum Gasteiger partial charge on any atom is -0.496 e. The summed E-state index contributed by atoms with van der Waals surface area (Å²) in [5.74, 6) is -0.139. The minimum absolute atomic E-state index is 0.0978. The van der Waals surface area contributed by atoms with E-state index in [1.54, 1.807) is 7.11 Å². The van der Waals surface area contributed by atoms with E-state index in [-0.39, 0.29) is 25.0 Å². The zero-order valence-electron chi connectivity index (χ0n) is 14.3. The normalized spacial score (nSPS) is 11.4. The summed E-state index contributed by atoms with van der Waals surface area (Å²) in [5, 5.41) is 13.9. The van der Waals surface area contributed by atoms with E-state index in [9.17, 15) is 9.59 Å². The molecule has 0 aliphatic rings. The van der Waals surface area contributed by atoms with Crippen LogP contribution in [0.4, 0.5) is 4.79 Å². The monoisotopic (exact) mass is 342 g/mol. The molecule has 0 saturated heterocycles. The third-order valence-corrected chi connectivity index (χ3v) is 3.80. The predicted molar refractivity (Wildman–Crippen MR) is 95.6 cm³/mol. The minimum atomic E-state index is -0.944. The van der Waals surface area contributed by atoms with Crippen LogP contribution in [-0.4, -0.2) is 30.8 Å². The van der Waals surface area contributed by atoms with Crippen LogP contribution in [0.1, 0.15) is 24.9 Å². The van der Waals surface area contributed by atoms with Crippen molar-refractivity contribution in [3.05, 3.63) is 54.1 Å². The van der Waals surface area contributed by atoms with Crippen LogP contribution < -0.4 is 15.4 Å². The quantitative estimate of drug-likeness (QED) is 0.721. The van der Waals surface area contributed by atoms with Crippen molar-refractivity contribution in [3.63, 3.8) is 0 Å². The highest BCUT2D eigenvalue weighted by atomic mass is 16.5. The number of aliphatic carboxylic acids is 1. The first-order valence-electron chi connectivity index (χ1n) is 8.00. The summed E-state index contributed by atoms with van der Waals surface area (Å²) in [7, 11) is 1.64. The lowest BCUT2D eigenvalue weighted by atomic mass is 10.0. The second kappa shape index (κ2) is 8.73. The van der Waals surface area contributed by atoms with Gasteiger partial charge in [-0.25, -0.2) is 4.79 Å². The van der Waals surface area contributed by atoms with Gasteiger partial charge in [0.25, 0.3) is 0 Å². The van der Waals surface area contributed by atoms with Gasteiger partial charge in [0.05, 0.1) is 19.6 Å². The zero-order chi connectivity index (χ0) is 18.2. The van der Waals surface area contributed by atoms with Gasteiger partial charge in [-0.3, -0.25) is 4.79 Å². The zero-order valence-corrected chi connectivity index (χ0v) is 14.3. The van der Waals surface area contributed by atoms with Crippen molar-refractivity contribution in [2.75, 3.05) is 13.7 Å². The van der Waals surface area contributed by atoms with Crippen LogP contribution >= 0.6 is 0 Å². The Balaban J connectivity index is 1.99. The Morgan fingerprint density at radius 2 is 1.80 bits per heavy atom. The Bertz CT molecular complexity index is 728. The van der Waals surface area contributed by atoms with Crippen molar-refractivity contribution in [1.29, 1.82) is 0 Å². The molecular weight excluding hydrogens is 320 g/mol. The van der Waals surface area contributed by atoms with Crippen LogP contribution in [0.5, 0.6) is 5.75 Å². The molecule has 2 rings (SSSR count). The second-order valence-corrected chi connectivity index (χ2v) is 5.59. The number of hydrogen-bond acceptors (Lipinski definition) is 3. The third-order valence-electron chi connectivity index (χ3n) is 3.80. The summed E-state index contributed by atoms with van der Waals surface area (Å²) < 4.78 is 5.38. The van der Waals surface area contributed by atoms with Gasteiger partial charge in [0.2, 0.25) is 0 Å². The first-order valence-corrected chi connectivity index (χ1v) is 8.00. The summed E-state index contributed by atoms with van der Waals surface area (Å²) in [4.78, 5) is 22.2. The highest BCUT2D eigenvalue weighted by Crippen LogP contribution is 2.30. The molecule has 6 heteroatoms. The van der Waals surface area contributed by atoms with Gasteiger partial charge in [0.1, 0.15) is 5.75 Å². The molecule has 0 aliphatic heterocycles. The van der Waals surface area contributed by atoms with Gasteiger partial charge in [-0.2, -0.15) is 0 Å². The number of urea groups is 1. The third kappa shape index (κ3) is 5.24. The fraction of sp³-hybridized carbons (Fsp3) is 0.263. The number of hydrogen-bond donors (Lipinski definition) is 3. The molecule has 6 nitrogen and oxygen atoms in total. The second-order valence-electron chi connectivity index (χ2n) is 5.59. The predicted octanol–water partition coefficient (Wildman–Crippen LogP) is 3.20. The molecule has 0 radical (unpaired) electrons. The largest absolute Gasteiger partial charge is 0.496 e. The summed E-state index contributed by atoms with van der Waals surface area (Å²) in [6.45, 7) is 1.97. The lowest BCUT2D eigenvalue weighted by Gasteiger charge is -2.16. The van der Waals surface area contributed by atoms with E-state index in [4.69, 9.17) is 9.84 Å². The maximum atomic E-state index is 11.7. The lowest BCUT2D eigenvalue weighted by Crippen LogP contribution is -2.38. The smallest absolute Gasteiger partial charge is 0.315 e. The van der Waals surface area contributed by atoms with E-state index >= 15 is 0 Å². The number of carbonyl (C=O) groups excluding carboxylic acids is 1. The summed E-state index contributed by atoms with van der Waals surface area (Å²) >= 11 is 0. The summed E-state index contributed by atoms with van der Waals surface area (Å²) in [6, 6.07) is 15.1. The Morgan fingerprint density at radius 1 is 1.12 bits per heavy atom. The Morgan fingerprint density at radius 3 is 2.44 bits per heavy atom. The van der Waals surface area contributed by atoms with Gasteiger partial charge in [0, 0.05) is 12.1 Å². The van der Waals surface area contributed by atoms with Gasteiger partial charge in [0.15, 0.2) is 0 Å². The average molecular weight is 342 g/mol. The highest BCUT2D eigenvalue weighted by Gasteiger charge is 2.11. The number of carboxylic acids is 1. The molecule has 0 saturated carbocycles. The molecule has 132 valence electrons. The topological polar surface area (TPSA) is 87.7 Å². The SMILES string of the molecule is COc1ccccc1-c1ccc(C(C)NC(=O)NCCC(=O)O)cc1.